The molecule has 0 saturated carbocycles. The van der Waals surface area contributed by atoms with Crippen LogP contribution in [0.1, 0.15) is 24.2 Å². The highest BCUT2D eigenvalue weighted by atomic mass is 79.9. The van der Waals surface area contributed by atoms with Crippen LogP contribution in [0.4, 0.5) is 0 Å². The maximum atomic E-state index is 11.9. The van der Waals surface area contributed by atoms with Gasteiger partial charge >= 0.3 is 0 Å². The van der Waals surface area contributed by atoms with Crippen molar-refractivity contribution in [1.29, 1.82) is 0 Å². The second kappa shape index (κ2) is 7.40. The third-order valence-electron chi connectivity index (χ3n) is 2.46. The summed E-state index contributed by atoms with van der Waals surface area (Å²) >= 11 is 3.08. The minimum absolute atomic E-state index is 0.115. The van der Waals surface area contributed by atoms with Crippen molar-refractivity contribution < 1.29 is 17.9 Å². The second-order valence-electron chi connectivity index (χ2n) is 4.06. The summed E-state index contributed by atoms with van der Waals surface area (Å²) < 4.78 is 28.3. The quantitative estimate of drug-likeness (QED) is 0.765. The minimum Gasteiger partial charge on any atom is -0.377 e. The van der Waals surface area contributed by atoms with Crippen molar-refractivity contribution in [3.05, 3.63) is 28.2 Å². The van der Waals surface area contributed by atoms with E-state index >= 15 is 0 Å². The molecule has 1 unspecified atom stereocenters. The van der Waals surface area contributed by atoms with Crippen LogP contribution >= 0.6 is 26.6 Å². The Kier molecular flexibility index (Phi) is 6.44. The first-order valence-electron chi connectivity index (χ1n) is 5.89. The molecule has 1 aromatic carbocycles. The van der Waals surface area contributed by atoms with Crippen LogP contribution < -0.4 is 5.32 Å². The number of halogens is 2. The van der Waals surface area contributed by atoms with E-state index in [1.807, 2.05) is 13.8 Å². The number of hydrogen-bond acceptors (Lipinski definition) is 4. The lowest BCUT2D eigenvalue weighted by atomic mass is 10.2. The van der Waals surface area contributed by atoms with Gasteiger partial charge in [0, 0.05) is 33.9 Å². The van der Waals surface area contributed by atoms with Crippen molar-refractivity contribution in [3.63, 3.8) is 0 Å². The zero-order chi connectivity index (χ0) is 15.3. The molecule has 8 heteroatoms. The molecule has 112 valence electrons. The number of carbonyl (C=O) groups is 1. The summed E-state index contributed by atoms with van der Waals surface area (Å²) in [6, 6.07) is 4.21. The van der Waals surface area contributed by atoms with Crippen molar-refractivity contribution in [2.24, 2.45) is 0 Å². The van der Waals surface area contributed by atoms with E-state index in [2.05, 4.69) is 21.2 Å². The fourth-order valence-electron chi connectivity index (χ4n) is 1.51. The van der Waals surface area contributed by atoms with E-state index in [1.165, 1.54) is 18.2 Å². The molecule has 1 N–H and O–H groups in total. The molecule has 1 aromatic rings. The molecule has 0 bridgehead atoms. The molecule has 0 heterocycles. The molecule has 0 spiro atoms. The Balaban J connectivity index is 2.85. The summed E-state index contributed by atoms with van der Waals surface area (Å²) in [6.45, 7) is 4.60. The van der Waals surface area contributed by atoms with Crippen LogP contribution in [0.2, 0.25) is 0 Å². The molecule has 20 heavy (non-hydrogen) atoms. The van der Waals surface area contributed by atoms with E-state index in [0.29, 0.717) is 17.6 Å². The molecular formula is C12H15BrClNO4S. The molecule has 0 fully saturated rings. The zero-order valence-corrected chi connectivity index (χ0v) is 14.2. The molecule has 0 radical (unpaired) electrons. The number of hydrogen-bond donors (Lipinski definition) is 1. The molecule has 0 aromatic heterocycles. The maximum Gasteiger partial charge on any atom is 0.262 e. The number of carbonyl (C=O) groups excluding carboxylic acids is 1. The van der Waals surface area contributed by atoms with Gasteiger partial charge in [0.05, 0.1) is 11.0 Å². The predicted octanol–water partition coefficient (Wildman–Crippen LogP) is 2.53. The lowest BCUT2D eigenvalue weighted by Gasteiger charge is -2.13. The highest BCUT2D eigenvalue weighted by Crippen LogP contribution is 2.26. The van der Waals surface area contributed by atoms with E-state index in [9.17, 15) is 13.2 Å². The Morgan fingerprint density at radius 2 is 2.15 bits per heavy atom. The summed E-state index contributed by atoms with van der Waals surface area (Å²) in [5, 5.41) is 2.66. The Morgan fingerprint density at radius 3 is 2.70 bits per heavy atom. The molecule has 1 atom stereocenters. The van der Waals surface area contributed by atoms with Gasteiger partial charge in [0.2, 0.25) is 0 Å². The lowest BCUT2D eigenvalue weighted by molar-refractivity contribution is 0.0695. The third kappa shape index (κ3) is 5.05. The van der Waals surface area contributed by atoms with E-state index in [0.717, 1.165) is 0 Å². The number of benzene rings is 1. The molecule has 0 aliphatic rings. The number of nitrogens with one attached hydrogen (secondary N) is 1. The first kappa shape index (κ1) is 17.4. The largest absolute Gasteiger partial charge is 0.377 e. The molecule has 1 amide bonds. The average molecular weight is 385 g/mol. The van der Waals surface area contributed by atoms with Gasteiger partial charge in [-0.1, -0.05) is 0 Å². The molecule has 0 saturated heterocycles. The standard InChI is InChI=1S/C12H15BrClNO4S/c1-3-19-8(2)7-15-12(16)9-4-5-10(13)11(6-9)20(14,17)18/h4-6,8H,3,7H2,1-2H3,(H,15,16). The Hall–Kier alpha value is -0.630. The fraction of sp³-hybridized carbons (Fsp3) is 0.417. The maximum absolute atomic E-state index is 11.9. The van der Waals surface area contributed by atoms with Crippen LogP contribution in [0, 0.1) is 0 Å². The summed E-state index contributed by atoms with van der Waals surface area (Å²) in [5.41, 5.74) is 0.219. The second-order valence-corrected chi connectivity index (χ2v) is 7.45. The highest BCUT2D eigenvalue weighted by molar-refractivity contribution is 9.10. The van der Waals surface area contributed by atoms with Crippen molar-refractivity contribution in [3.8, 4) is 0 Å². The van der Waals surface area contributed by atoms with Gasteiger partial charge in [0.1, 0.15) is 0 Å². The van der Waals surface area contributed by atoms with Crippen molar-refractivity contribution in [1.82, 2.24) is 5.32 Å². The van der Waals surface area contributed by atoms with Crippen molar-refractivity contribution >= 4 is 41.6 Å². The summed E-state index contributed by atoms with van der Waals surface area (Å²) in [4.78, 5) is 11.8. The predicted molar refractivity (Wildman–Crippen MR) is 80.6 cm³/mol. The third-order valence-corrected chi connectivity index (χ3v) is 4.77. The van der Waals surface area contributed by atoms with Crippen molar-refractivity contribution in [2.75, 3.05) is 13.2 Å². The van der Waals surface area contributed by atoms with Gasteiger partial charge in [-0.25, -0.2) is 8.42 Å². The van der Waals surface area contributed by atoms with Crippen LogP contribution in [0.5, 0.6) is 0 Å². The highest BCUT2D eigenvalue weighted by Gasteiger charge is 2.17. The fourth-order valence-corrected chi connectivity index (χ4v) is 3.63. The van der Waals surface area contributed by atoms with Gasteiger partial charge in [0.25, 0.3) is 15.0 Å². The lowest BCUT2D eigenvalue weighted by Crippen LogP contribution is -2.32. The zero-order valence-electron chi connectivity index (χ0n) is 11.0. The smallest absolute Gasteiger partial charge is 0.262 e. The first-order valence-corrected chi connectivity index (χ1v) is 9.00. The molecular weight excluding hydrogens is 370 g/mol. The van der Waals surface area contributed by atoms with E-state index in [4.69, 9.17) is 15.4 Å². The van der Waals surface area contributed by atoms with E-state index in [-0.39, 0.29) is 22.5 Å². The topological polar surface area (TPSA) is 72.5 Å². The Labute approximate surface area is 131 Å². The van der Waals surface area contributed by atoms with Gasteiger partial charge in [-0.05, 0) is 48.0 Å². The average Bonchev–Trinajstić information content (AvgIpc) is 2.35. The molecule has 0 aliphatic carbocycles. The first-order chi connectivity index (χ1) is 9.25. The molecule has 1 rings (SSSR count). The van der Waals surface area contributed by atoms with Gasteiger partial charge in [-0.2, -0.15) is 0 Å². The van der Waals surface area contributed by atoms with Crippen LogP contribution in [0.15, 0.2) is 27.6 Å². The molecule has 5 nitrogen and oxygen atoms in total. The normalized spacial score (nSPS) is 13.0. The van der Waals surface area contributed by atoms with Crippen LogP contribution in [-0.2, 0) is 13.8 Å². The summed E-state index contributed by atoms with van der Waals surface area (Å²) in [6.07, 6.45) is -0.115. The van der Waals surface area contributed by atoms with E-state index in [1.54, 1.807) is 0 Å². The number of ether oxygens (including phenoxy) is 1. The van der Waals surface area contributed by atoms with Crippen molar-refractivity contribution in [2.45, 2.75) is 24.8 Å². The van der Waals surface area contributed by atoms with Crippen LogP contribution in [-0.4, -0.2) is 33.6 Å². The van der Waals surface area contributed by atoms with Gasteiger partial charge < -0.3 is 10.1 Å². The van der Waals surface area contributed by atoms with Gasteiger partial charge in [-0.3, -0.25) is 4.79 Å². The minimum atomic E-state index is -3.91. The SMILES string of the molecule is CCOC(C)CNC(=O)c1ccc(Br)c(S(=O)(=O)Cl)c1. The Morgan fingerprint density at radius 1 is 1.50 bits per heavy atom. The summed E-state index contributed by atoms with van der Waals surface area (Å²) in [7, 11) is 1.39. The van der Waals surface area contributed by atoms with Gasteiger partial charge in [-0.15, -0.1) is 0 Å². The Bertz CT molecular complexity index is 591. The van der Waals surface area contributed by atoms with Gasteiger partial charge in [0.15, 0.2) is 0 Å². The monoisotopic (exact) mass is 383 g/mol. The summed E-state index contributed by atoms with van der Waals surface area (Å²) in [5.74, 6) is -0.384. The number of rotatable bonds is 6. The number of amides is 1. The van der Waals surface area contributed by atoms with E-state index < -0.39 is 9.05 Å². The van der Waals surface area contributed by atoms with Crippen LogP contribution in [0.3, 0.4) is 0 Å². The molecule has 0 aliphatic heterocycles. The van der Waals surface area contributed by atoms with Crippen LogP contribution in [0.25, 0.3) is 0 Å².